The Morgan fingerprint density at radius 1 is 1.06 bits per heavy atom. The number of carbonyl (C=O) groups is 1. The molecule has 31 heavy (non-hydrogen) atoms. The normalized spacial score (nSPS) is 15.7. The number of nitrogens with zero attached hydrogens (tertiary/aromatic N) is 3. The summed E-state index contributed by atoms with van der Waals surface area (Å²) in [6.07, 6.45) is -4.68. The minimum absolute atomic E-state index is 0.0235. The molecule has 8 nitrogen and oxygen atoms in total. The van der Waals surface area contributed by atoms with Gasteiger partial charge in [-0.2, -0.15) is 17.5 Å². The quantitative estimate of drug-likeness (QED) is 0.496. The molecule has 0 atom stereocenters. The molecule has 1 heterocycles. The molecule has 1 saturated heterocycles. The maximum atomic E-state index is 12.9. The predicted molar refractivity (Wildman–Crippen MR) is 104 cm³/mol. The number of sulfonamides is 1. The monoisotopic (exact) mass is 477 g/mol. The van der Waals surface area contributed by atoms with Crippen molar-refractivity contribution in [3.63, 3.8) is 0 Å². The van der Waals surface area contributed by atoms with Crippen LogP contribution in [0, 0.1) is 10.1 Å². The van der Waals surface area contributed by atoms with Crippen molar-refractivity contribution in [1.82, 2.24) is 9.21 Å². The summed E-state index contributed by atoms with van der Waals surface area (Å²) in [7, 11) is -4.19. The van der Waals surface area contributed by atoms with Crippen LogP contribution >= 0.6 is 11.6 Å². The molecule has 13 heteroatoms. The van der Waals surface area contributed by atoms with Gasteiger partial charge < -0.3 is 4.90 Å². The smallest absolute Gasteiger partial charge is 0.336 e. The molecular formula is C18H15ClF3N3O5S. The maximum Gasteiger partial charge on any atom is 0.416 e. The zero-order chi connectivity index (χ0) is 23.0. The van der Waals surface area contributed by atoms with E-state index in [0.29, 0.717) is 6.07 Å². The van der Waals surface area contributed by atoms with Crippen LogP contribution in [0.4, 0.5) is 18.9 Å². The lowest BCUT2D eigenvalue weighted by Gasteiger charge is -2.34. The second kappa shape index (κ2) is 8.44. The van der Waals surface area contributed by atoms with E-state index in [4.69, 9.17) is 11.6 Å². The van der Waals surface area contributed by atoms with E-state index in [-0.39, 0.29) is 42.5 Å². The van der Waals surface area contributed by atoms with Crippen LogP contribution in [0.2, 0.25) is 5.02 Å². The van der Waals surface area contributed by atoms with E-state index in [9.17, 15) is 36.5 Å². The third-order valence-corrected chi connectivity index (χ3v) is 6.93. The average molecular weight is 478 g/mol. The number of nitro benzene ring substituents is 1. The van der Waals surface area contributed by atoms with Crippen molar-refractivity contribution in [2.75, 3.05) is 26.2 Å². The molecule has 0 N–H and O–H groups in total. The number of hydrogen-bond donors (Lipinski definition) is 0. The highest BCUT2D eigenvalue weighted by atomic mass is 35.5. The Bertz CT molecular complexity index is 1130. The molecule has 1 amide bonds. The van der Waals surface area contributed by atoms with Gasteiger partial charge in [0.2, 0.25) is 10.0 Å². The minimum Gasteiger partial charge on any atom is -0.336 e. The summed E-state index contributed by atoms with van der Waals surface area (Å²) in [5.41, 5.74) is -1.32. The lowest BCUT2D eigenvalue weighted by molar-refractivity contribution is -0.384. The Kier molecular flexibility index (Phi) is 6.25. The van der Waals surface area contributed by atoms with Crippen LogP contribution in [0.25, 0.3) is 0 Å². The van der Waals surface area contributed by atoms with E-state index in [2.05, 4.69) is 0 Å². The molecule has 0 aromatic heterocycles. The fourth-order valence-corrected chi connectivity index (χ4v) is 4.80. The lowest BCUT2D eigenvalue weighted by Crippen LogP contribution is -2.50. The summed E-state index contributed by atoms with van der Waals surface area (Å²) in [5, 5.41) is 10.7. The van der Waals surface area contributed by atoms with E-state index >= 15 is 0 Å². The van der Waals surface area contributed by atoms with Gasteiger partial charge >= 0.3 is 6.18 Å². The molecule has 0 unspecified atom stereocenters. The number of carbonyl (C=O) groups excluding carboxylic acids is 1. The van der Waals surface area contributed by atoms with Crippen LogP contribution in [-0.2, 0) is 16.2 Å². The minimum atomic E-state index is -4.68. The highest BCUT2D eigenvalue weighted by Gasteiger charge is 2.34. The number of nitro groups is 1. The van der Waals surface area contributed by atoms with Crippen molar-refractivity contribution in [2.45, 2.75) is 11.1 Å². The van der Waals surface area contributed by atoms with Crippen molar-refractivity contribution in [3.8, 4) is 0 Å². The van der Waals surface area contributed by atoms with Gasteiger partial charge in [-0.3, -0.25) is 14.9 Å². The fourth-order valence-electron chi connectivity index (χ4n) is 3.07. The number of halogens is 4. The van der Waals surface area contributed by atoms with Gasteiger partial charge in [0.05, 0.1) is 26.0 Å². The molecular weight excluding hydrogens is 463 g/mol. The van der Waals surface area contributed by atoms with Gasteiger partial charge in [-0.25, -0.2) is 8.42 Å². The molecule has 2 aromatic carbocycles. The largest absolute Gasteiger partial charge is 0.416 e. The van der Waals surface area contributed by atoms with Crippen molar-refractivity contribution in [1.29, 1.82) is 0 Å². The Labute approximate surface area is 180 Å². The van der Waals surface area contributed by atoms with Gasteiger partial charge in [0.15, 0.2) is 0 Å². The second-order valence-corrected chi connectivity index (χ2v) is 8.99. The Hall–Kier alpha value is -2.70. The van der Waals surface area contributed by atoms with Crippen molar-refractivity contribution >= 4 is 33.2 Å². The molecule has 1 aliphatic heterocycles. The topological polar surface area (TPSA) is 101 Å². The van der Waals surface area contributed by atoms with E-state index in [1.807, 2.05) is 0 Å². The van der Waals surface area contributed by atoms with E-state index in [1.54, 1.807) is 0 Å². The summed E-state index contributed by atoms with van der Waals surface area (Å²) >= 11 is 5.97. The van der Waals surface area contributed by atoms with Gasteiger partial charge in [-0.1, -0.05) is 17.7 Å². The molecule has 0 bridgehead atoms. The molecule has 3 rings (SSSR count). The standard InChI is InChI=1S/C18H15ClF3N3O5S/c19-16-11-13(25(27)28)4-5-15(16)17(26)23-6-8-24(9-7-23)31(29,30)14-3-1-2-12(10-14)18(20,21)22/h1-5,10-11H,6-9H2. The molecule has 0 aliphatic carbocycles. The summed E-state index contributed by atoms with van der Waals surface area (Å²) in [5.74, 6) is -0.531. The van der Waals surface area contributed by atoms with Gasteiger partial charge in [0.1, 0.15) is 0 Å². The van der Waals surface area contributed by atoms with Crippen LogP contribution < -0.4 is 0 Å². The van der Waals surface area contributed by atoms with Crippen LogP contribution in [0.1, 0.15) is 15.9 Å². The summed E-state index contributed by atoms with van der Waals surface area (Å²) in [6, 6.07) is 6.85. The molecule has 0 saturated carbocycles. The highest BCUT2D eigenvalue weighted by Crippen LogP contribution is 2.31. The first-order chi connectivity index (χ1) is 14.4. The van der Waals surface area contributed by atoms with E-state index in [1.165, 1.54) is 11.0 Å². The first kappa shape index (κ1) is 23.0. The summed E-state index contributed by atoms with van der Waals surface area (Å²) < 4.78 is 65.2. The predicted octanol–water partition coefficient (Wildman–Crippen LogP) is 3.41. The van der Waals surface area contributed by atoms with Crippen molar-refractivity contribution < 1.29 is 31.3 Å². The lowest BCUT2D eigenvalue weighted by atomic mass is 10.1. The maximum absolute atomic E-state index is 12.9. The second-order valence-electron chi connectivity index (χ2n) is 6.64. The number of hydrogen-bond acceptors (Lipinski definition) is 5. The third-order valence-electron chi connectivity index (χ3n) is 4.72. The Morgan fingerprint density at radius 2 is 1.71 bits per heavy atom. The first-order valence-electron chi connectivity index (χ1n) is 8.82. The van der Waals surface area contributed by atoms with Crippen LogP contribution in [0.5, 0.6) is 0 Å². The molecule has 2 aromatic rings. The highest BCUT2D eigenvalue weighted by molar-refractivity contribution is 7.89. The number of benzene rings is 2. The van der Waals surface area contributed by atoms with E-state index in [0.717, 1.165) is 34.6 Å². The number of non-ortho nitro benzene ring substituents is 1. The first-order valence-corrected chi connectivity index (χ1v) is 10.6. The summed E-state index contributed by atoms with van der Waals surface area (Å²) in [4.78, 5) is 23.6. The Balaban J connectivity index is 1.73. The fraction of sp³-hybridized carbons (Fsp3) is 0.278. The van der Waals surface area contributed by atoms with Crippen molar-refractivity contribution in [3.05, 3.63) is 68.7 Å². The number of alkyl halides is 3. The van der Waals surface area contributed by atoms with E-state index < -0.39 is 37.5 Å². The Morgan fingerprint density at radius 3 is 2.26 bits per heavy atom. The molecule has 1 fully saturated rings. The zero-order valence-corrected chi connectivity index (χ0v) is 17.2. The SMILES string of the molecule is O=C(c1ccc([N+](=O)[O-])cc1Cl)N1CCN(S(=O)(=O)c2cccc(C(F)(F)F)c2)CC1. The van der Waals surface area contributed by atoms with Gasteiger partial charge in [-0.05, 0) is 24.3 Å². The molecule has 0 spiro atoms. The number of amides is 1. The average Bonchev–Trinajstić information content (AvgIpc) is 2.72. The van der Waals surface area contributed by atoms with Crippen molar-refractivity contribution in [2.24, 2.45) is 0 Å². The third kappa shape index (κ3) is 4.81. The zero-order valence-electron chi connectivity index (χ0n) is 15.7. The number of rotatable bonds is 4. The summed E-state index contributed by atoms with van der Waals surface area (Å²) in [6.45, 7) is -0.307. The van der Waals surface area contributed by atoms with Gasteiger partial charge in [0.25, 0.3) is 11.6 Å². The van der Waals surface area contributed by atoms with Gasteiger partial charge in [0, 0.05) is 38.3 Å². The van der Waals surface area contributed by atoms with Crippen LogP contribution in [0.15, 0.2) is 47.4 Å². The van der Waals surface area contributed by atoms with Crippen LogP contribution in [-0.4, -0.2) is 54.6 Å². The molecule has 1 aliphatic rings. The molecule has 166 valence electrons. The van der Waals surface area contributed by atoms with Crippen LogP contribution in [0.3, 0.4) is 0 Å². The molecule has 0 radical (unpaired) electrons. The number of piperazine rings is 1. The van der Waals surface area contributed by atoms with Gasteiger partial charge in [-0.15, -0.1) is 0 Å².